The molecule has 2 N–H and O–H groups in total. The molecule has 9 nitrogen and oxygen atoms in total. The molecule has 0 atom stereocenters. The van der Waals surface area contributed by atoms with E-state index in [-0.39, 0.29) is 28.9 Å². The summed E-state index contributed by atoms with van der Waals surface area (Å²) < 4.78 is 58.0. The van der Waals surface area contributed by atoms with Gasteiger partial charge in [-0.05, 0) is 55.3 Å². The predicted molar refractivity (Wildman–Crippen MR) is 159 cm³/mol. The predicted octanol–water partition coefficient (Wildman–Crippen LogP) is 4.89. The molecule has 1 amide bonds. The van der Waals surface area contributed by atoms with Crippen LogP contribution in [0.2, 0.25) is 0 Å². The van der Waals surface area contributed by atoms with Gasteiger partial charge < -0.3 is 15.5 Å². The summed E-state index contributed by atoms with van der Waals surface area (Å²) in [6.45, 7) is 5.89. The first-order valence-corrected chi connectivity index (χ1v) is 14.3. The molecule has 0 aliphatic carbocycles. The Morgan fingerprint density at radius 3 is 2.57 bits per heavy atom. The van der Waals surface area contributed by atoms with Crippen LogP contribution < -0.4 is 10.6 Å². The fraction of sp³-hybridized carbons (Fsp3) is 0.355. The van der Waals surface area contributed by atoms with Crippen molar-refractivity contribution in [3.8, 4) is 11.8 Å². The maximum Gasteiger partial charge on any atom is 0.416 e. The Kier molecular flexibility index (Phi) is 9.41. The van der Waals surface area contributed by atoms with E-state index < -0.39 is 23.6 Å². The van der Waals surface area contributed by atoms with E-state index in [1.165, 1.54) is 28.9 Å². The lowest BCUT2D eigenvalue weighted by molar-refractivity contribution is -0.138. The average Bonchev–Trinajstić information content (AvgIpc) is 3.40. The zero-order valence-corrected chi connectivity index (χ0v) is 24.4. The zero-order valence-electron chi connectivity index (χ0n) is 24.4. The third-order valence-electron chi connectivity index (χ3n) is 7.29. The Morgan fingerprint density at radius 1 is 1.02 bits per heavy atom. The van der Waals surface area contributed by atoms with Gasteiger partial charge in [0.1, 0.15) is 11.5 Å². The summed E-state index contributed by atoms with van der Waals surface area (Å²) >= 11 is 0. The first-order valence-electron chi connectivity index (χ1n) is 14.3. The molecule has 230 valence electrons. The summed E-state index contributed by atoms with van der Waals surface area (Å²) in [4.78, 5) is 25.0. The summed E-state index contributed by atoms with van der Waals surface area (Å²) in [6, 6.07) is 8.52. The minimum atomic E-state index is -4.61. The molecule has 1 aliphatic rings. The number of benzene rings is 1. The number of aromatic nitrogens is 4. The van der Waals surface area contributed by atoms with Crippen LogP contribution in [0.4, 0.5) is 29.1 Å². The number of nitrogens with zero attached hydrogens (tertiary/aromatic N) is 6. The molecule has 0 unspecified atom stereocenters. The molecule has 0 saturated carbocycles. The van der Waals surface area contributed by atoms with Gasteiger partial charge in [-0.15, -0.1) is 5.10 Å². The van der Waals surface area contributed by atoms with Gasteiger partial charge in [-0.25, -0.2) is 14.5 Å². The second kappa shape index (κ2) is 13.4. The topological polar surface area (TPSA) is 90.7 Å². The lowest BCUT2D eigenvalue weighted by Crippen LogP contribution is -2.44. The van der Waals surface area contributed by atoms with Gasteiger partial charge in [-0.1, -0.05) is 25.3 Å². The third kappa shape index (κ3) is 7.50. The number of pyridine rings is 1. The van der Waals surface area contributed by atoms with Crippen molar-refractivity contribution in [2.75, 3.05) is 50.4 Å². The van der Waals surface area contributed by atoms with Crippen molar-refractivity contribution in [1.29, 1.82) is 0 Å². The molecule has 0 radical (unpaired) electrons. The second-order valence-corrected chi connectivity index (χ2v) is 10.6. The number of likely N-dealkylation sites (N-methyl/N-ethyl adjacent to an activating group) is 1. The normalized spacial score (nSPS) is 14.3. The quantitative estimate of drug-likeness (QED) is 0.127. The minimum Gasteiger partial charge on any atom is -0.369 e. The molecular formula is C31H32F4N8O. The van der Waals surface area contributed by atoms with Gasteiger partial charge in [0.25, 0.3) is 5.91 Å². The lowest BCUT2D eigenvalue weighted by atomic mass is 10.0. The maximum absolute atomic E-state index is 14.6. The number of carbonyl (C=O) groups excluding carboxylic acids is 1. The van der Waals surface area contributed by atoms with Gasteiger partial charge in [0.15, 0.2) is 5.65 Å². The number of fused-ring (bicyclic) bond motifs is 1. The molecule has 0 spiro atoms. The Balaban J connectivity index is 1.33. The number of hydrogen-bond donors (Lipinski definition) is 2. The number of nitrogens with one attached hydrogen (secondary N) is 2. The highest BCUT2D eigenvalue weighted by atomic mass is 19.4. The molecule has 1 fully saturated rings. The Morgan fingerprint density at radius 2 is 1.82 bits per heavy atom. The van der Waals surface area contributed by atoms with E-state index in [1.807, 2.05) is 11.9 Å². The van der Waals surface area contributed by atoms with Crippen LogP contribution in [0, 0.1) is 17.8 Å². The molecule has 1 aliphatic heterocycles. The molecule has 3 aromatic heterocycles. The molecular weight excluding hydrogens is 576 g/mol. The van der Waals surface area contributed by atoms with Gasteiger partial charge in [0, 0.05) is 51.2 Å². The van der Waals surface area contributed by atoms with Crippen LogP contribution in [0.1, 0.15) is 52.5 Å². The van der Waals surface area contributed by atoms with Crippen LogP contribution >= 0.6 is 0 Å². The van der Waals surface area contributed by atoms with Crippen molar-refractivity contribution in [1.82, 2.24) is 29.4 Å². The van der Waals surface area contributed by atoms with E-state index in [0.717, 1.165) is 44.7 Å². The van der Waals surface area contributed by atoms with Crippen LogP contribution in [-0.2, 0) is 12.7 Å². The first kappa shape index (κ1) is 30.9. The molecule has 1 aromatic carbocycles. The van der Waals surface area contributed by atoms with Crippen LogP contribution in [0.25, 0.3) is 5.65 Å². The van der Waals surface area contributed by atoms with Crippen LogP contribution in [-0.4, -0.2) is 75.1 Å². The molecule has 5 rings (SSSR count). The number of piperazine rings is 1. The Bertz CT molecular complexity index is 1700. The average molecular weight is 609 g/mol. The molecule has 4 heterocycles. The second-order valence-electron chi connectivity index (χ2n) is 10.6. The standard InChI is InChI=1S/C31H32F4N8O/c1-3-4-11-36-27-9-10-28-37-19-25(43(28)40-27)8-6-21-16-23(18-38-29(21)32)30(44)39-24-7-5-22(26(17-24)31(33,34)35)20-42-14-12-41(2)13-15-42/h5,7,9-10,16-19H,3-4,11-15,20H2,1-2H3,(H,36,40)(H,39,44). The minimum absolute atomic E-state index is 0.0402. The number of halogens is 4. The Labute approximate surface area is 252 Å². The van der Waals surface area contributed by atoms with Crippen molar-refractivity contribution >= 4 is 23.1 Å². The van der Waals surface area contributed by atoms with E-state index in [1.54, 1.807) is 12.1 Å². The molecule has 4 aromatic rings. The highest BCUT2D eigenvalue weighted by molar-refractivity contribution is 6.04. The molecule has 1 saturated heterocycles. The first-order chi connectivity index (χ1) is 21.1. The van der Waals surface area contributed by atoms with Gasteiger partial charge in [-0.2, -0.15) is 17.6 Å². The number of carbonyl (C=O) groups is 1. The highest BCUT2D eigenvalue weighted by Crippen LogP contribution is 2.34. The number of imidazole rings is 1. The van der Waals surface area contributed by atoms with E-state index in [9.17, 15) is 22.4 Å². The Hall–Kier alpha value is -4.54. The van der Waals surface area contributed by atoms with Crippen molar-refractivity contribution < 1.29 is 22.4 Å². The number of rotatable bonds is 8. The van der Waals surface area contributed by atoms with Crippen LogP contribution in [0.15, 0.2) is 48.8 Å². The van der Waals surface area contributed by atoms with Crippen LogP contribution in [0.3, 0.4) is 0 Å². The van der Waals surface area contributed by atoms with Crippen molar-refractivity contribution in [2.24, 2.45) is 0 Å². The number of anilines is 2. The van der Waals surface area contributed by atoms with Gasteiger partial charge >= 0.3 is 6.18 Å². The summed E-state index contributed by atoms with van der Waals surface area (Å²) in [7, 11) is 1.98. The van der Waals surface area contributed by atoms with Gasteiger partial charge in [0.05, 0.1) is 22.9 Å². The van der Waals surface area contributed by atoms with Gasteiger partial charge in [0.2, 0.25) is 5.95 Å². The number of alkyl halides is 3. The molecule has 44 heavy (non-hydrogen) atoms. The fourth-order valence-electron chi connectivity index (χ4n) is 4.74. The fourth-order valence-corrected chi connectivity index (χ4v) is 4.74. The summed E-state index contributed by atoms with van der Waals surface area (Å²) in [5.74, 6) is 4.48. The van der Waals surface area contributed by atoms with Gasteiger partial charge in [-0.3, -0.25) is 9.69 Å². The van der Waals surface area contributed by atoms with Crippen molar-refractivity contribution in [2.45, 2.75) is 32.5 Å². The zero-order chi connectivity index (χ0) is 31.3. The van der Waals surface area contributed by atoms with E-state index in [2.05, 4.69) is 49.4 Å². The maximum atomic E-state index is 14.6. The SMILES string of the molecule is CCCCNc1ccc2ncc(C#Cc3cc(C(=O)Nc4ccc(CN5CCN(C)CC5)c(C(F)(F)F)c4)cnc3F)n2n1. The van der Waals surface area contributed by atoms with E-state index >= 15 is 0 Å². The summed E-state index contributed by atoms with van der Waals surface area (Å²) in [6.07, 6.45) is -0.0865. The molecule has 0 bridgehead atoms. The monoisotopic (exact) mass is 608 g/mol. The van der Waals surface area contributed by atoms with Crippen molar-refractivity contribution in [3.63, 3.8) is 0 Å². The van der Waals surface area contributed by atoms with Crippen molar-refractivity contribution in [3.05, 3.63) is 82.7 Å². The third-order valence-corrected chi connectivity index (χ3v) is 7.29. The van der Waals surface area contributed by atoms with Crippen LogP contribution in [0.5, 0.6) is 0 Å². The van der Waals surface area contributed by atoms with E-state index in [4.69, 9.17) is 0 Å². The summed E-state index contributed by atoms with van der Waals surface area (Å²) in [5, 5.41) is 10.2. The highest BCUT2D eigenvalue weighted by Gasteiger charge is 2.34. The largest absolute Gasteiger partial charge is 0.416 e. The lowest BCUT2D eigenvalue weighted by Gasteiger charge is -2.33. The molecule has 13 heteroatoms. The number of hydrogen-bond acceptors (Lipinski definition) is 7. The number of amides is 1. The summed E-state index contributed by atoms with van der Waals surface area (Å²) in [5.41, 5.74) is -0.0101. The number of unbranched alkanes of at least 4 members (excludes halogenated alkanes) is 1. The van der Waals surface area contributed by atoms with E-state index in [0.29, 0.717) is 30.2 Å². The smallest absolute Gasteiger partial charge is 0.369 e.